The van der Waals surface area contributed by atoms with E-state index in [2.05, 4.69) is 6.07 Å². The molecule has 0 unspecified atom stereocenters. The van der Waals surface area contributed by atoms with Gasteiger partial charge in [-0.1, -0.05) is 36.4 Å². The van der Waals surface area contributed by atoms with Crippen molar-refractivity contribution in [2.24, 2.45) is 0 Å². The largest absolute Gasteiger partial charge is 0.481 e. The highest BCUT2D eigenvalue weighted by atomic mass is 16.4. The summed E-state index contributed by atoms with van der Waals surface area (Å²) in [5.41, 5.74) is 1.91. The minimum absolute atomic E-state index is 0.0277. The van der Waals surface area contributed by atoms with Crippen molar-refractivity contribution in [3.8, 4) is 6.07 Å². The van der Waals surface area contributed by atoms with Gasteiger partial charge in [0, 0.05) is 0 Å². The zero-order valence-corrected chi connectivity index (χ0v) is 8.18. The van der Waals surface area contributed by atoms with Crippen LogP contribution in [0, 0.1) is 11.3 Å². The molecule has 15 heavy (non-hydrogen) atoms. The summed E-state index contributed by atoms with van der Waals surface area (Å²) in [6.07, 6.45) is 3.78. The Morgan fingerprint density at radius 2 is 2.07 bits per heavy atom. The van der Waals surface area contributed by atoms with Crippen molar-refractivity contribution in [1.29, 1.82) is 5.26 Å². The number of hydrogen-bond donors (Lipinski definition) is 1. The molecule has 1 aromatic carbocycles. The topological polar surface area (TPSA) is 61.1 Å². The van der Waals surface area contributed by atoms with Crippen LogP contribution in [0.15, 0.2) is 30.3 Å². The predicted octanol–water partition coefficient (Wildman–Crippen LogP) is 2.24. The first kappa shape index (κ1) is 11.0. The molecule has 0 saturated heterocycles. The van der Waals surface area contributed by atoms with E-state index in [1.54, 1.807) is 12.2 Å². The minimum Gasteiger partial charge on any atom is -0.481 e. The molecule has 76 valence electrons. The fourth-order valence-corrected chi connectivity index (χ4v) is 1.13. The van der Waals surface area contributed by atoms with Gasteiger partial charge in [0.05, 0.1) is 18.9 Å². The summed E-state index contributed by atoms with van der Waals surface area (Å²) >= 11 is 0. The number of nitrogens with zero attached hydrogens (tertiary/aromatic N) is 1. The van der Waals surface area contributed by atoms with Crippen LogP contribution in [-0.2, 0) is 11.2 Å². The normalized spacial score (nSPS) is 10.1. The van der Waals surface area contributed by atoms with Crippen LogP contribution in [0.25, 0.3) is 6.08 Å². The van der Waals surface area contributed by atoms with Gasteiger partial charge >= 0.3 is 5.97 Å². The monoisotopic (exact) mass is 201 g/mol. The molecule has 0 amide bonds. The van der Waals surface area contributed by atoms with E-state index in [1.807, 2.05) is 24.3 Å². The quantitative estimate of drug-likeness (QED) is 0.812. The number of carboxylic acids is 1. The Bertz CT molecular complexity index is 399. The highest BCUT2D eigenvalue weighted by molar-refractivity contribution is 5.70. The zero-order valence-electron chi connectivity index (χ0n) is 8.18. The lowest BCUT2D eigenvalue weighted by Gasteiger charge is -1.95. The summed E-state index contributed by atoms with van der Waals surface area (Å²) in [6.45, 7) is 0. The molecular weight excluding hydrogens is 190 g/mol. The number of aliphatic carboxylic acids is 1. The van der Waals surface area contributed by atoms with E-state index in [9.17, 15) is 4.79 Å². The third kappa shape index (κ3) is 4.10. The van der Waals surface area contributed by atoms with E-state index in [0.717, 1.165) is 11.1 Å². The number of nitriles is 1. The minimum atomic E-state index is -0.840. The second-order valence-electron chi connectivity index (χ2n) is 3.08. The van der Waals surface area contributed by atoms with Crippen LogP contribution >= 0.6 is 0 Å². The molecule has 3 nitrogen and oxygen atoms in total. The van der Waals surface area contributed by atoms with Gasteiger partial charge in [-0.3, -0.25) is 4.79 Å². The molecule has 0 spiro atoms. The molecule has 0 aliphatic heterocycles. The summed E-state index contributed by atoms with van der Waals surface area (Å²) in [7, 11) is 0. The third-order valence-electron chi connectivity index (χ3n) is 1.87. The van der Waals surface area contributed by atoms with Gasteiger partial charge in [-0.05, 0) is 11.1 Å². The molecule has 1 rings (SSSR count). The van der Waals surface area contributed by atoms with Crippen LogP contribution < -0.4 is 0 Å². The van der Waals surface area contributed by atoms with Crippen molar-refractivity contribution in [2.75, 3.05) is 0 Å². The van der Waals surface area contributed by atoms with Crippen molar-refractivity contribution >= 4 is 12.0 Å². The van der Waals surface area contributed by atoms with E-state index in [-0.39, 0.29) is 6.42 Å². The number of carbonyl (C=O) groups is 1. The zero-order chi connectivity index (χ0) is 11.1. The molecule has 0 aromatic heterocycles. The van der Waals surface area contributed by atoms with E-state index in [4.69, 9.17) is 10.4 Å². The van der Waals surface area contributed by atoms with Gasteiger partial charge in [0.2, 0.25) is 0 Å². The second kappa shape index (κ2) is 5.61. The maximum Gasteiger partial charge on any atom is 0.307 e. The maximum atomic E-state index is 10.2. The van der Waals surface area contributed by atoms with Crippen molar-refractivity contribution in [3.63, 3.8) is 0 Å². The highest BCUT2D eigenvalue weighted by Crippen LogP contribution is 2.06. The van der Waals surface area contributed by atoms with Crippen molar-refractivity contribution in [2.45, 2.75) is 12.8 Å². The van der Waals surface area contributed by atoms with Gasteiger partial charge in [0.25, 0.3) is 0 Å². The summed E-state index contributed by atoms with van der Waals surface area (Å²) in [6, 6.07) is 9.53. The smallest absolute Gasteiger partial charge is 0.307 e. The van der Waals surface area contributed by atoms with Crippen LogP contribution in [0.2, 0.25) is 0 Å². The summed E-state index contributed by atoms with van der Waals surface area (Å²) < 4.78 is 0. The van der Waals surface area contributed by atoms with Crippen LogP contribution in [-0.4, -0.2) is 11.1 Å². The predicted molar refractivity (Wildman–Crippen MR) is 57.0 cm³/mol. The molecule has 1 N–H and O–H groups in total. The average Bonchev–Trinajstić information content (AvgIpc) is 2.20. The summed E-state index contributed by atoms with van der Waals surface area (Å²) in [5, 5.41) is 16.9. The molecule has 0 aliphatic carbocycles. The van der Waals surface area contributed by atoms with Gasteiger partial charge in [-0.2, -0.15) is 5.26 Å². The van der Waals surface area contributed by atoms with E-state index < -0.39 is 5.97 Å². The lowest BCUT2D eigenvalue weighted by atomic mass is 10.1. The van der Waals surface area contributed by atoms with Crippen LogP contribution in [0.1, 0.15) is 17.5 Å². The SMILES string of the molecule is N#CCc1ccc(C=CCC(=O)O)cc1. The maximum absolute atomic E-state index is 10.2. The molecule has 1 aromatic rings. The van der Waals surface area contributed by atoms with Gasteiger partial charge in [0.1, 0.15) is 0 Å². The fourth-order valence-electron chi connectivity index (χ4n) is 1.13. The van der Waals surface area contributed by atoms with Crippen LogP contribution in [0.3, 0.4) is 0 Å². The fraction of sp³-hybridized carbons (Fsp3) is 0.167. The first-order valence-electron chi connectivity index (χ1n) is 4.56. The summed E-state index contributed by atoms with van der Waals surface area (Å²) in [5.74, 6) is -0.840. The molecule has 0 fully saturated rings. The van der Waals surface area contributed by atoms with E-state index in [0.29, 0.717) is 6.42 Å². The number of benzene rings is 1. The molecule has 0 atom stereocenters. The lowest BCUT2D eigenvalue weighted by Crippen LogP contribution is -1.89. The Balaban J connectivity index is 2.61. The van der Waals surface area contributed by atoms with Crippen molar-refractivity contribution < 1.29 is 9.90 Å². The Hall–Kier alpha value is -2.08. The molecule has 0 radical (unpaired) electrons. The molecule has 0 bridgehead atoms. The van der Waals surface area contributed by atoms with Gasteiger partial charge < -0.3 is 5.11 Å². The Morgan fingerprint density at radius 1 is 1.40 bits per heavy atom. The van der Waals surface area contributed by atoms with Crippen molar-refractivity contribution in [3.05, 3.63) is 41.5 Å². The molecule has 0 heterocycles. The van der Waals surface area contributed by atoms with E-state index in [1.165, 1.54) is 0 Å². The first-order chi connectivity index (χ1) is 7.22. The Morgan fingerprint density at radius 3 is 2.60 bits per heavy atom. The molecule has 0 aliphatic rings. The molecule has 0 saturated carbocycles. The first-order valence-corrected chi connectivity index (χ1v) is 4.56. The third-order valence-corrected chi connectivity index (χ3v) is 1.87. The van der Waals surface area contributed by atoms with Gasteiger partial charge in [-0.25, -0.2) is 0 Å². The number of hydrogen-bond acceptors (Lipinski definition) is 2. The molecule has 3 heteroatoms. The van der Waals surface area contributed by atoms with Crippen LogP contribution in [0.5, 0.6) is 0 Å². The van der Waals surface area contributed by atoms with Crippen LogP contribution in [0.4, 0.5) is 0 Å². The second-order valence-corrected chi connectivity index (χ2v) is 3.08. The summed E-state index contributed by atoms with van der Waals surface area (Å²) in [4.78, 5) is 10.2. The number of rotatable bonds is 4. The standard InChI is InChI=1S/C12H11NO2/c13-9-8-11-6-4-10(5-7-11)2-1-3-12(14)15/h1-2,4-7H,3,8H2,(H,14,15). The average molecular weight is 201 g/mol. The lowest BCUT2D eigenvalue weighted by molar-refractivity contribution is -0.135. The van der Waals surface area contributed by atoms with Crippen molar-refractivity contribution in [1.82, 2.24) is 0 Å². The van der Waals surface area contributed by atoms with Gasteiger partial charge in [-0.15, -0.1) is 0 Å². The molecular formula is C12H11NO2. The van der Waals surface area contributed by atoms with E-state index >= 15 is 0 Å². The van der Waals surface area contributed by atoms with Gasteiger partial charge in [0.15, 0.2) is 0 Å². The number of carboxylic acid groups (broad SMARTS) is 1. The Kier molecular flexibility index (Phi) is 4.11. The Labute approximate surface area is 88.3 Å². The highest BCUT2D eigenvalue weighted by Gasteiger charge is 1.92.